The molecule has 0 aliphatic carbocycles. The van der Waals surface area contributed by atoms with Gasteiger partial charge in [-0.05, 0) is 24.1 Å². The summed E-state index contributed by atoms with van der Waals surface area (Å²) < 4.78 is 5.02. The Morgan fingerprint density at radius 1 is 1.44 bits per heavy atom. The number of anilines is 1. The van der Waals surface area contributed by atoms with Gasteiger partial charge in [-0.25, -0.2) is 0 Å². The van der Waals surface area contributed by atoms with Gasteiger partial charge in [-0.15, -0.1) is 0 Å². The molecule has 1 aromatic carbocycles. The summed E-state index contributed by atoms with van der Waals surface area (Å²) in [5.41, 5.74) is 7.65. The van der Waals surface area contributed by atoms with Crippen LogP contribution in [0.4, 0.5) is 5.69 Å². The first-order valence-corrected chi connectivity index (χ1v) is 5.75. The molecule has 0 fully saturated rings. The van der Waals surface area contributed by atoms with Gasteiger partial charge in [-0.3, -0.25) is 0 Å². The molecule has 0 unspecified atom stereocenters. The van der Waals surface area contributed by atoms with E-state index in [1.165, 1.54) is 0 Å². The maximum Gasteiger partial charge on any atom is 0.0642 e. The van der Waals surface area contributed by atoms with Crippen LogP contribution in [0, 0.1) is 0 Å². The number of hydrogen-bond acceptors (Lipinski definition) is 3. The van der Waals surface area contributed by atoms with Crippen molar-refractivity contribution in [3.05, 3.63) is 28.8 Å². The minimum absolute atomic E-state index is 0.521. The molecule has 0 amide bonds. The Bertz CT molecular complexity index is 331. The average Bonchev–Trinajstić information content (AvgIpc) is 2.29. The molecule has 0 aromatic heterocycles. The highest BCUT2D eigenvalue weighted by Gasteiger charge is 2.06. The molecule has 0 saturated carbocycles. The van der Waals surface area contributed by atoms with Gasteiger partial charge < -0.3 is 15.4 Å². The summed E-state index contributed by atoms with van der Waals surface area (Å²) in [6, 6.07) is 5.94. The Labute approximate surface area is 102 Å². The van der Waals surface area contributed by atoms with Gasteiger partial charge in [0.2, 0.25) is 0 Å². The fraction of sp³-hybridized carbons (Fsp3) is 0.500. The summed E-state index contributed by atoms with van der Waals surface area (Å²) in [6.07, 6.45) is 0.988. The largest absolute Gasteiger partial charge is 0.385 e. The Balaban J connectivity index is 2.64. The van der Waals surface area contributed by atoms with E-state index in [-0.39, 0.29) is 0 Å². The van der Waals surface area contributed by atoms with Crippen LogP contribution in [0.1, 0.15) is 12.0 Å². The minimum Gasteiger partial charge on any atom is -0.385 e. The first kappa shape index (κ1) is 13.3. The molecule has 16 heavy (non-hydrogen) atoms. The summed E-state index contributed by atoms with van der Waals surface area (Å²) in [5, 5.41) is 0.753. The highest BCUT2D eigenvalue weighted by Crippen LogP contribution is 2.25. The van der Waals surface area contributed by atoms with E-state index in [9.17, 15) is 0 Å². The van der Waals surface area contributed by atoms with Crippen molar-refractivity contribution in [2.75, 3.05) is 32.2 Å². The highest BCUT2D eigenvalue weighted by molar-refractivity contribution is 6.33. The van der Waals surface area contributed by atoms with Crippen molar-refractivity contribution in [3.8, 4) is 0 Å². The number of halogens is 1. The molecule has 0 radical (unpaired) electrons. The van der Waals surface area contributed by atoms with E-state index in [1.807, 2.05) is 25.2 Å². The number of nitrogens with two attached hydrogens (primary N) is 1. The summed E-state index contributed by atoms with van der Waals surface area (Å²) in [4.78, 5) is 2.13. The molecular weight excluding hydrogens is 224 g/mol. The monoisotopic (exact) mass is 242 g/mol. The van der Waals surface area contributed by atoms with Crippen molar-refractivity contribution in [2.24, 2.45) is 5.73 Å². The lowest BCUT2D eigenvalue weighted by molar-refractivity contribution is 0.196. The van der Waals surface area contributed by atoms with E-state index in [0.29, 0.717) is 6.54 Å². The van der Waals surface area contributed by atoms with Crippen LogP contribution in [0.15, 0.2) is 18.2 Å². The third-order valence-electron chi connectivity index (χ3n) is 2.50. The van der Waals surface area contributed by atoms with Crippen molar-refractivity contribution in [3.63, 3.8) is 0 Å². The standard InChI is InChI=1S/C12H19ClN2O/c1-15(6-3-7-16-2)12-5-4-10(9-14)8-11(12)13/h4-5,8H,3,6-7,9,14H2,1-2H3. The number of rotatable bonds is 6. The van der Waals surface area contributed by atoms with Gasteiger partial charge in [-0.2, -0.15) is 0 Å². The first-order chi connectivity index (χ1) is 7.69. The van der Waals surface area contributed by atoms with Gasteiger partial charge >= 0.3 is 0 Å². The lowest BCUT2D eigenvalue weighted by Gasteiger charge is -2.20. The average molecular weight is 243 g/mol. The second-order valence-corrected chi connectivity index (χ2v) is 4.16. The van der Waals surface area contributed by atoms with Crippen molar-refractivity contribution >= 4 is 17.3 Å². The van der Waals surface area contributed by atoms with Crippen LogP contribution in [0.3, 0.4) is 0 Å². The fourth-order valence-electron chi connectivity index (χ4n) is 1.55. The van der Waals surface area contributed by atoms with Crippen molar-refractivity contribution in [1.29, 1.82) is 0 Å². The Hall–Kier alpha value is -0.770. The molecule has 0 saturated heterocycles. The van der Waals surface area contributed by atoms with Crippen LogP contribution >= 0.6 is 11.6 Å². The third-order valence-corrected chi connectivity index (χ3v) is 2.80. The first-order valence-electron chi connectivity index (χ1n) is 5.37. The van der Waals surface area contributed by atoms with E-state index in [2.05, 4.69) is 4.90 Å². The highest BCUT2D eigenvalue weighted by atomic mass is 35.5. The molecule has 0 aliphatic heterocycles. The molecule has 90 valence electrons. The zero-order chi connectivity index (χ0) is 12.0. The molecule has 1 aromatic rings. The number of ether oxygens (including phenoxy) is 1. The normalized spacial score (nSPS) is 10.5. The van der Waals surface area contributed by atoms with E-state index >= 15 is 0 Å². The second-order valence-electron chi connectivity index (χ2n) is 3.76. The molecule has 0 bridgehead atoms. The fourth-order valence-corrected chi connectivity index (χ4v) is 1.90. The molecule has 2 N–H and O–H groups in total. The van der Waals surface area contributed by atoms with Crippen LogP contribution < -0.4 is 10.6 Å². The van der Waals surface area contributed by atoms with Crippen molar-refractivity contribution < 1.29 is 4.74 Å². The molecule has 1 rings (SSSR count). The second kappa shape index (κ2) is 6.74. The van der Waals surface area contributed by atoms with E-state index in [4.69, 9.17) is 22.1 Å². The molecule has 3 nitrogen and oxygen atoms in total. The predicted molar refractivity (Wildman–Crippen MR) is 69.1 cm³/mol. The Morgan fingerprint density at radius 2 is 2.19 bits per heavy atom. The van der Waals surface area contributed by atoms with Gasteiger partial charge in [0.15, 0.2) is 0 Å². The quantitative estimate of drug-likeness (QED) is 0.778. The van der Waals surface area contributed by atoms with Crippen molar-refractivity contribution in [2.45, 2.75) is 13.0 Å². The number of hydrogen-bond donors (Lipinski definition) is 1. The molecular formula is C12H19ClN2O. The molecule has 0 atom stereocenters. The Morgan fingerprint density at radius 3 is 2.75 bits per heavy atom. The third kappa shape index (κ3) is 3.67. The molecule has 0 aliphatic rings. The summed E-state index contributed by atoms with van der Waals surface area (Å²) in [7, 11) is 3.74. The van der Waals surface area contributed by atoms with E-state index < -0.39 is 0 Å². The maximum atomic E-state index is 6.19. The maximum absolute atomic E-state index is 6.19. The summed E-state index contributed by atoms with van der Waals surface area (Å²) >= 11 is 6.19. The summed E-state index contributed by atoms with van der Waals surface area (Å²) in [5.74, 6) is 0. The lowest BCUT2D eigenvalue weighted by atomic mass is 10.2. The van der Waals surface area contributed by atoms with E-state index in [0.717, 1.165) is 35.8 Å². The predicted octanol–water partition coefficient (Wildman–Crippen LogP) is 2.27. The van der Waals surface area contributed by atoms with Crippen LogP contribution in [0.2, 0.25) is 5.02 Å². The molecule has 0 heterocycles. The Kier molecular flexibility index (Phi) is 5.60. The molecule has 0 spiro atoms. The van der Waals surface area contributed by atoms with Crippen LogP contribution in [-0.4, -0.2) is 27.3 Å². The van der Waals surface area contributed by atoms with Gasteiger partial charge in [0.1, 0.15) is 0 Å². The minimum atomic E-state index is 0.521. The zero-order valence-corrected chi connectivity index (χ0v) is 10.6. The topological polar surface area (TPSA) is 38.5 Å². The van der Waals surface area contributed by atoms with Crippen LogP contribution in [0.25, 0.3) is 0 Å². The van der Waals surface area contributed by atoms with Gasteiger partial charge in [0, 0.05) is 33.9 Å². The summed E-state index contributed by atoms with van der Waals surface area (Å²) in [6.45, 7) is 2.21. The lowest BCUT2D eigenvalue weighted by Crippen LogP contribution is -2.20. The zero-order valence-electron chi connectivity index (χ0n) is 9.87. The van der Waals surface area contributed by atoms with Gasteiger partial charge in [0.05, 0.1) is 10.7 Å². The number of benzene rings is 1. The smallest absolute Gasteiger partial charge is 0.0642 e. The van der Waals surface area contributed by atoms with Crippen LogP contribution in [-0.2, 0) is 11.3 Å². The van der Waals surface area contributed by atoms with Gasteiger partial charge in [0.25, 0.3) is 0 Å². The van der Waals surface area contributed by atoms with Gasteiger partial charge in [-0.1, -0.05) is 17.7 Å². The van der Waals surface area contributed by atoms with E-state index in [1.54, 1.807) is 7.11 Å². The SMILES string of the molecule is COCCCN(C)c1ccc(CN)cc1Cl. The molecule has 4 heteroatoms. The number of methoxy groups -OCH3 is 1. The van der Waals surface area contributed by atoms with Crippen molar-refractivity contribution in [1.82, 2.24) is 0 Å². The number of nitrogens with zero attached hydrogens (tertiary/aromatic N) is 1. The van der Waals surface area contributed by atoms with Crippen LogP contribution in [0.5, 0.6) is 0 Å².